The second-order valence-corrected chi connectivity index (χ2v) is 3.78. The van der Waals surface area contributed by atoms with Gasteiger partial charge >= 0.3 is 0 Å². The van der Waals surface area contributed by atoms with E-state index in [2.05, 4.69) is 5.32 Å². The van der Waals surface area contributed by atoms with Crippen molar-refractivity contribution in [2.75, 3.05) is 12.4 Å². The van der Waals surface area contributed by atoms with Crippen LogP contribution >= 0.6 is 0 Å². The summed E-state index contributed by atoms with van der Waals surface area (Å²) in [7, 11) is 1.72. The van der Waals surface area contributed by atoms with Crippen LogP contribution in [0.1, 0.15) is 15.9 Å². The molecule has 0 saturated carbocycles. The topological polar surface area (TPSA) is 29.1 Å². The summed E-state index contributed by atoms with van der Waals surface area (Å²) in [4.78, 5) is 12.1. The Bertz CT molecular complexity index is 596. The standard InChI is InChI=1S/C14H11F2NO/c1-17-11-4-2-3-9(7-11)14(18)12-6-5-10(15)8-13(12)16/h2-8,17H,1H3. The van der Waals surface area contributed by atoms with Crippen LogP contribution in [-0.4, -0.2) is 12.8 Å². The first kappa shape index (κ1) is 12.2. The molecule has 0 heterocycles. The van der Waals surface area contributed by atoms with Gasteiger partial charge in [0.15, 0.2) is 5.78 Å². The van der Waals surface area contributed by atoms with Crippen LogP contribution in [0.2, 0.25) is 0 Å². The van der Waals surface area contributed by atoms with Crippen molar-refractivity contribution in [1.82, 2.24) is 0 Å². The zero-order valence-electron chi connectivity index (χ0n) is 9.71. The van der Waals surface area contributed by atoms with Gasteiger partial charge in [-0.05, 0) is 24.3 Å². The molecule has 2 nitrogen and oxygen atoms in total. The second-order valence-electron chi connectivity index (χ2n) is 3.78. The Morgan fingerprint density at radius 1 is 1.11 bits per heavy atom. The number of hydrogen-bond acceptors (Lipinski definition) is 2. The van der Waals surface area contributed by atoms with Gasteiger partial charge in [-0.25, -0.2) is 8.78 Å². The van der Waals surface area contributed by atoms with E-state index >= 15 is 0 Å². The highest BCUT2D eigenvalue weighted by atomic mass is 19.1. The molecule has 0 spiro atoms. The number of anilines is 1. The van der Waals surface area contributed by atoms with Gasteiger partial charge in [0, 0.05) is 24.4 Å². The Morgan fingerprint density at radius 2 is 1.89 bits per heavy atom. The molecule has 0 amide bonds. The predicted octanol–water partition coefficient (Wildman–Crippen LogP) is 3.24. The van der Waals surface area contributed by atoms with E-state index < -0.39 is 17.4 Å². The highest BCUT2D eigenvalue weighted by Crippen LogP contribution is 2.17. The molecule has 0 aliphatic rings. The van der Waals surface area contributed by atoms with Crippen molar-refractivity contribution in [2.24, 2.45) is 0 Å². The molecule has 0 bridgehead atoms. The lowest BCUT2D eigenvalue weighted by Gasteiger charge is -2.05. The highest BCUT2D eigenvalue weighted by molar-refractivity contribution is 6.09. The van der Waals surface area contributed by atoms with E-state index in [0.29, 0.717) is 11.6 Å². The van der Waals surface area contributed by atoms with Crippen LogP contribution in [0.5, 0.6) is 0 Å². The molecular formula is C14H11F2NO. The molecule has 2 rings (SSSR count). The van der Waals surface area contributed by atoms with Gasteiger partial charge in [-0.2, -0.15) is 0 Å². The minimum Gasteiger partial charge on any atom is -0.388 e. The van der Waals surface area contributed by atoms with Crippen LogP contribution in [0, 0.1) is 11.6 Å². The molecule has 0 radical (unpaired) electrons. The first-order chi connectivity index (χ1) is 8.61. The van der Waals surface area contributed by atoms with Gasteiger partial charge in [0.25, 0.3) is 0 Å². The van der Waals surface area contributed by atoms with Gasteiger partial charge in [-0.3, -0.25) is 4.79 Å². The Hall–Kier alpha value is -2.23. The van der Waals surface area contributed by atoms with Crippen LogP contribution in [0.3, 0.4) is 0 Å². The molecule has 2 aromatic rings. The maximum Gasteiger partial charge on any atom is 0.196 e. The van der Waals surface area contributed by atoms with E-state index in [-0.39, 0.29) is 5.56 Å². The molecule has 18 heavy (non-hydrogen) atoms. The molecule has 0 atom stereocenters. The molecule has 4 heteroatoms. The third kappa shape index (κ3) is 2.37. The molecule has 0 aliphatic heterocycles. The van der Waals surface area contributed by atoms with Gasteiger partial charge < -0.3 is 5.32 Å². The summed E-state index contributed by atoms with van der Waals surface area (Å²) in [6.07, 6.45) is 0. The van der Waals surface area contributed by atoms with Crippen molar-refractivity contribution in [3.05, 3.63) is 65.2 Å². The Labute approximate surface area is 103 Å². The van der Waals surface area contributed by atoms with Gasteiger partial charge in [0.1, 0.15) is 11.6 Å². The Balaban J connectivity index is 2.41. The lowest BCUT2D eigenvalue weighted by Crippen LogP contribution is -2.05. The minimum absolute atomic E-state index is 0.135. The SMILES string of the molecule is CNc1cccc(C(=O)c2ccc(F)cc2F)c1. The second kappa shape index (κ2) is 4.96. The van der Waals surface area contributed by atoms with E-state index in [4.69, 9.17) is 0 Å². The summed E-state index contributed by atoms with van der Waals surface area (Å²) in [6.45, 7) is 0. The van der Waals surface area contributed by atoms with Crippen molar-refractivity contribution >= 4 is 11.5 Å². The fraction of sp³-hybridized carbons (Fsp3) is 0.0714. The third-order valence-corrected chi connectivity index (χ3v) is 2.59. The normalized spacial score (nSPS) is 10.2. The third-order valence-electron chi connectivity index (χ3n) is 2.59. The summed E-state index contributed by atoms with van der Waals surface area (Å²) in [5.41, 5.74) is 0.973. The predicted molar refractivity (Wildman–Crippen MR) is 65.8 cm³/mol. The summed E-state index contributed by atoms with van der Waals surface area (Å²) in [5, 5.41) is 2.89. The maximum absolute atomic E-state index is 13.5. The largest absolute Gasteiger partial charge is 0.388 e. The Morgan fingerprint density at radius 3 is 2.56 bits per heavy atom. The van der Waals surface area contributed by atoms with Crippen LogP contribution in [0.4, 0.5) is 14.5 Å². The number of hydrogen-bond donors (Lipinski definition) is 1. The number of nitrogens with one attached hydrogen (secondary N) is 1. The average molecular weight is 247 g/mol. The average Bonchev–Trinajstić information content (AvgIpc) is 2.38. The van der Waals surface area contributed by atoms with Crippen LogP contribution in [0.15, 0.2) is 42.5 Å². The van der Waals surface area contributed by atoms with Crippen LogP contribution < -0.4 is 5.32 Å². The van der Waals surface area contributed by atoms with Crippen molar-refractivity contribution in [2.45, 2.75) is 0 Å². The molecule has 0 saturated heterocycles. The van der Waals surface area contributed by atoms with Gasteiger partial charge in [0.05, 0.1) is 5.56 Å². The smallest absolute Gasteiger partial charge is 0.196 e. The van der Waals surface area contributed by atoms with Crippen molar-refractivity contribution in [3.63, 3.8) is 0 Å². The number of benzene rings is 2. The number of halogens is 2. The van der Waals surface area contributed by atoms with E-state index in [0.717, 1.165) is 17.8 Å². The van der Waals surface area contributed by atoms with E-state index in [1.807, 2.05) is 0 Å². The molecule has 2 aromatic carbocycles. The molecular weight excluding hydrogens is 236 g/mol. The van der Waals surface area contributed by atoms with Crippen molar-refractivity contribution in [1.29, 1.82) is 0 Å². The number of carbonyl (C=O) groups is 1. The first-order valence-corrected chi connectivity index (χ1v) is 5.39. The summed E-state index contributed by atoms with van der Waals surface area (Å²) in [6, 6.07) is 9.61. The zero-order chi connectivity index (χ0) is 13.1. The van der Waals surface area contributed by atoms with E-state index in [1.54, 1.807) is 31.3 Å². The lowest BCUT2D eigenvalue weighted by molar-refractivity contribution is 0.103. The van der Waals surface area contributed by atoms with Gasteiger partial charge in [0.2, 0.25) is 0 Å². The van der Waals surface area contributed by atoms with E-state index in [9.17, 15) is 13.6 Å². The first-order valence-electron chi connectivity index (χ1n) is 5.39. The molecule has 92 valence electrons. The summed E-state index contributed by atoms with van der Waals surface area (Å²) >= 11 is 0. The molecule has 0 aromatic heterocycles. The number of rotatable bonds is 3. The summed E-state index contributed by atoms with van der Waals surface area (Å²) < 4.78 is 26.3. The van der Waals surface area contributed by atoms with Crippen LogP contribution in [0.25, 0.3) is 0 Å². The lowest BCUT2D eigenvalue weighted by atomic mass is 10.0. The zero-order valence-corrected chi connectivity index (χ0v) is 9.71. The van der Waals surface area contributed by atoms with Crippen LogP contribution in [-0.2, 0) is 0 Å². The minimum atomic E-state index is -0.852. The quantitative estimate of drug-likeness (QED) is 0.843. The fourth-order valence-electron chi connectivity index (χ4n) is 1.65. The van der Waals surface area contributed by atoms with Gasteiger partial charge in [-0.15, -0.1) is 0 Å². The Kier molecular flexibility index (Phi) is 3.37. The monoisotopic (exact) mass is 247 g/mol. The molecule has 0 aliphatic carbocycles. The van der Waals surface area contributed by atoms with E-state index in [1.165, 1.54) is 0 Å². The van der Waals surface area contributed by atoms with Crippen molar-refractivity contribution in [3.8, 4) is 0 Å². The highest BCUT2D eigenvalue weighted by Gasteiger charge is 2.14. The number of carbonyl (C=O) groups excluding carboxylic acids is 1. The molecule has 0 fully saturated rings. The molecule has 0 unspecified atom stereocenters. The maximum atomic E-state index is 13.5. The number of ketones is 1. The fourth-order valence-corrected chi connectivity index (χ4v) is 1.65. The van der Waals surface area contributed by atoms with Gasteiger partial charge in [-0.1, -0.05) is 12.1 Å². The summed E-state index contributed by atoms with van der Waals surface area (Å²) in [5.74, 6) is -2.02. The van der Waals surface area contributed by atoms with Crippen molar-refractivity contribution < 1.29 is 13.6 Å². The molecule has 1 N–H and O–H groups in total.